The van der Waals surface area contributed by atoms with Crippen molar-refractivity contribution < 1.29 is 5.11 Å². The van der Waals surface area contributed by atoms with Gasteiger partial charge in [-0.25, -0.2) is 14.6 Å². The predicted octanol–water partition coefficient (Wildman–Crippen LogP) is 1.73. The Morgan fingerprint density at radius 1 is 1.17 bits per heavy atom. The quantitative estimate of drug-likeness (QED) is 0.442. The summed E-state index contributed by atoms with van der Waals surface area (Å²) in [6, 6.07) is 0. The fourth-order valence-electron chi connectivity index (χ4n) is 4.06. The summed E-state index contributed by atoms with van der Waals surface area (Å²) in [5.74, 6) is 1.54. The summed E-state index contributed by atoms with van der Waals surface area (Å²) < 4.78 is 1.89. The fraction of sp³-hybridized carbons (Fsp3) is 0.450. The SMILES string of the molecule is CCn1ncc2c3c(NCCc4c[nH]cn4)nnc(N4CCC(O)CC4)c3cnc21. The van der Waals surface area contributed by atoms with E-state index in [9.17, 15) is 5.11 Å². The topological polar surface area (TPSA) is 121 Å². The Labute approximate surface area is 173 Å². The van der Waals surface area contributed by atoms with Crippen LogP contribution in [0.3, 0.4) is 0 Å². The van der Waals surface area contributed by atoms with Crippen LogP contribution in [0.5, 0.6) is 0 Å². The number of H-pyrrole nitrogens is 1. The van der Waals surface area contributed by atoms with Crippen molar-refractivity contribution >= 4 is 33.4 Å². The van der Waals surface area contributed by atoms with Gasteiger partial charge < -0.3 is 20.3 Å². The van der Waals surface area contributed by atoms with Crippen LogP contribution in [0.25, 0.3) is 21.8 Å². The van der Waals surface area contributed by atoms with Crippen LogP contribution < -0.4 is 10.2 Å². The van der Waals surface area contributed by atoms with E-state index in [1.54, 1.807) is 6.33 Å². The Hall–Kier alpha value is -3.27. The Bertz CT molecular complexity index is 1150. The summed E-state index contributed by atoms with van der Waals surface area (Å²) in [6.45, 7) is 5.00. The van der Waals surface area contributed by atoms with Crippen molar-refractivity contribution in [1.82, 2.24) is 34.9 Å². The number of piperidine rings is 1. The molecule has 0 aromatic carbocycles. The van der Waals surface area contributed by atoms with Crippen molar-refractivity contribution in [3.63, 3.8) is 0 Å². The van der Waals surface area contributed by atoms with Gasteiger partial charge in [-0.3, -0.25) is 0 Å². The lowest BCUT2D eigenvalue weighted by molar-refractivity contribution is 0.145. The molecule has 10 heteroatoms. The van der Waals surface area contributed by atoms with Crippen LogP contribution >= 0.6 is 0 Å². The summed E-state index contributed by atoms with van der Waals surface area (Å²) in [4.78, 5) is 14.1. The smallest absolute Gasteiger partial charge is 0.160 e. The predicted molar refractivity (Wildman–Crippen MR) is 115 cm³/mol. The monoisotopic (exact) mass is 407 g/mol. The van der Waals surface area contributed by atoms with Crippen LogP contribution in [0, 0.1) is 0 Å². The van der Waals surface area contributed by atoms with E-state index in [0.717, 1.165) is 78.0 Å². The lowest BCUT2D eigenvalue weighted by atomic mass is 10.1. The molecule has 1 fully saturated rings. The van der Waals surface area contributed by atoms with E-state index in [-0.39, 0.29) is 6.10 Å². The molecule has 1 saturated heterocycles. The standard InChI is InChI=1S/C20H25N9O/c1-2-29-19-16(11-25-29)17-15(10-23-19)20(28-7-4-14(30)5-8-28)27-26-18(17)22-6-3-13-9-21-12-24-13/h9-12,14,30H,2-8H2,1H3,(H,21,24)(H,22,26). The molecule has 1 aliphatic heterocycles. The maximum atomic E-state index is 9.87. The van der Waals surface area contributed by atoms with Gasteiger partial charge in [0.15, 0.2) is 17.3 Å². The number of aryl methyl sites for hydroxylation is 1. The molecule has 10 nitrogen and oxygen atoms in total. The van der Waals surface area contributed by atoms with E-state index < -0.39 is 0 Å². The van der Waals surface area contributed by atoms with Gasteiger partial charge in [-0.2, -0.15) is 5.10 Å². The third-order valence-corrected chi connectivity index (χ3v) is 5.68. The first kappa shape index (κ1) is 18.7. The number of aromatic amines is 1. The van der Waals surface area contributed by atoms with Gasteiger partial charge in [0.25, 0.3) is 0 Å². The summed E-state index contributed by atoms with van der Waals surface area (Å²) in [6.07, 6.45) is 9.32. The molecule has 4 aromatic heterocycles. The molecule has 0 unspecified atom stereocenters. The third-order valence-electron chi connectivity index (χ3n) is 5.68. The van der Waals surface area contributed by atoms with Crippen molar-refractivity contribution in [2.45, 2.75) is 38.8 Å². The molecule has 0 bridgehead atoms. The molecule has 156 valence electrons. The zero-order valence-electron chi connectivity index (χ0n) is 16.9. The van der Waals surface area contributed by atoms with E-state index in [2.05, 4.69) is 47.4 Å². The van der Waals surface area contributed by atoms with Gasteiger partial charge in [0.2, 0.25) is 0 Å². The van der Waals surface area contributed by atoms with Crippen molar-refractivity contribution in [2.75, 3.05) is 29.9 Å². The van der Waals surface area contributed by atoms with Gasteiger partial charge in [-0.1, -0.05) is 0 Å². The van der Waals surface area contributed by atoms with Crippen molar-refractivity contribution in [3.05, 3.63) is 30.6 Å². The van der Waals surface area contributed by atoms with Crippen LogP contribution in [0.1, 0.15) is 25.5 Å². The molecule has 0 amide bonds. The van der Waals surface area contributed by atoms with Crippen LogP contribution in [0.4, 0.5) is 11.6 Å². The van der Waals surface area contributed by atoms with Crippen LogP contribution in [-0.4, -0.2) is 65.8 Å². The molecule has 5 heterocycles. The highest BCUT2D eigenvalue weighted by Gasteiger charge is 2.23. The Morgan fingerprint density at radius 3 is 2.80 bits per heavy atom. The Morgan fingerprint density at radius 2 is 2.03 bits per heavy atom. The van der Waals surface area contributed by atoms with E-state index in [1.165, 1.54) is 0 Å². The van der Waals surface area contributed by atoms with E-state index in [0.29, 0.717) is 6.54 Å². The highest BCUT2D eigenvalue weighted by Crippen LogP contribution is 2.34. The second-order valence-electron chi connectivity index (χ2n) is 7.57. The van der Waals surface area contributed by atoms with Crippen LogP contribution in [0.15, 0.2) is 24.9 Å². The summed E-state index contributed by atoms with van der Waals surface area (Å²) in [5, 5.41) is 29.8. The minimum Gasteiger partial charge on any atom is -0.393 e. The first-order valence-corrected chi connectivity index (χ1v) is 10.4. The molecular formula is C20H25N9O. The average Bonchev–Trinajstić information content (AvgIpc) is 3.44. The molecule has 3 N–H and O–H groups in total. The Balaban J connectivity index is 1.56. The number of fused-ring (bicyclic) bond motifs is 3. The lowest BCUT2D eigenvalue weighted by Crippen LogP contribution is -2.36. The minimum absolute atomic E-state index is 0.240. The maximum Gasteiger partial charge on any atom is 0.160 e. The molecule has 4 aromatic rings. The number of nitrogens with one attached hydrogen (secondary N) is 2. The van der Waals surface area contributed by atoms with E-state index in [1.807, 2.05) is 23.3 Å². The number of aromatic nitrogens is 7. The summed E-state index contributed by atoms with van der Waals surface area (Å²) in [7, 11) is 0. The maximum absolute atomic E-state index is 9.87. The van der Waals surface area contributed by atoms with Gasteiger partial charge in [0.1, 0.15) is 0 Å². The largest absolute Gasteiger partial charge is 0.393 e. The number of nitrogens with zero attached hydrogens (tertiary/aromatic N) is 7. The second-order valence-corrected chi connectivity index (χ2v) is 7.57. The van der Waals surface area contributed by atoms with Gasteiger partial charge in [-0.15, -0.1) is 10.2 Å². The number of aliphatic hydroxyl groups excluding tert-OH is 1. The zero-order chi connectivity index (χ0) is 20.5. The Kier molecular flexibility index (Phi) is 4.91. The molecule has 0 aliphatic carbocycles. The third kappa shape index (κ3) is 3.32. The number of imidazole rings is 1. The van der Waals surface area contributed by atoms with Gasteiger partial charge in [0, 0.05) is 55.8 Å². The van der Waals surface area contributed by atoms with Gasteiger partial charge in [-0.05, 0) is 19.8 Å². The van der Waals surface area contributed by atoms with E-state index >= 15 is 0 Å². The highest BCUT2D eigenvalue weighted by atomic mass is 16.3. The number of pyridine rings is 1. The zero-order valence-corrected chi connectivity index (χ0v) is 16.9. The second kappa shape index (κ2) is 7.86. The van der Waals surface area contributed by atoms with Crippen molar-refractivity contribution in [2.24, 2.45) is 0 Å². The van der Waals surface area contributed by atoms with Crippen molar-refractivity contribution in [3.8, 4) is 0 Å². The molecule has 5 rings (SSSR count). The first-order valence-electron chi connectivity index (χ1n) is 10.4. The van der Waals surface area contributed by atoms with Crippen LogP contribution in [-0.2, 0) is 13.0 Å². The number of aliphatic hydroxyl groups is 1. The number of rotatable bonds is 6. The average molecular weight is 407 g/mol. The molecule has 0 spiro atoms. The number of hydrogen-bond donors (Lipinski definition) is 3. The number of hydrogen-bond acceptors (Lipinski definition) is 8. The van der Waals surface area contributed by atoms with Gasteiger partial charge >= 0.3 is 0 Å². The molecule has 0 atom stereocenters. The lowest BCUT2D eigenvalue weighted by Gasteiger charge is -2.31. The molecule has 30 heavy (non-hydrogen) atoms. The summed E-state index contributed by atoms with van der Waals surface area (Å²) >= 11 is 0. The highest BCUT2D eigenvalue weighted by molar-refractivity contribution is 6.13. The van der Waals surface area contributed by atoms with Gasteiger partial charge in [0.05, 0.1) is 29.7 Å². The molecule has 1 aliphatic rings. The fourth-order valence-corrected chi connectivity index (χ4v) is 4.06. The summed E-state index contributed by atoms with van der Waals surface area (Å²) in [5.41, 5.74) is 1.84. The van der Waals surface area contributed by atoms with Crippen molar-refractivity contribution in [1.29, 1.82) is 0 Å². The first-order chi connectivity index (χ1) is 14.7. The van der Waals surface area contributed by atoms with Crippen LogP contribution in [0.2, 0.25) is 0 Å². The molecule has 0 saturated carbocycles. The molecule has 0 radical (unpaired) electrons. The minimum atomic E-state index is -0.240. The normalized spacial score (nSPS) is 15.3. The van der Waals surface area contributed by atoms with E-state index in [4.69, 9.17) is 0 Å². The molecular weight excluding hydrogens is 382 g/mol. The number of anilines is 2.